The third-order valence-corrected chi connectivity index (χ3v) is 1.94. The molecular weight excluding hydrogens is 172 g/mol. The van der Waals surface area contributed by atoms with Crippen LogP contribution in [0.2, 0.25) is 5.02 Å². The van der Waals surface area contributed by atoms with Gasteiger partial charge in [-0.1, -0.05) is 23.6 Å². The molecule has 0 heterocycles. The van der Waals surface area contributed by atoms with E-state index in [1.165, 1.54) is 6.07 Å². The first kappa shape index (κ1) is 8.96. The molecule has 1 N–H and O–H groups in total. The third kappa shape index (κ3) is 1.72. The summed E-state index contributed by atoms with van der Waals surface area (Å²) in [6.45, 7) is 1.85. The molecule has 1 aromatic carbocycles. The number of phenolic OH excluding ortho intramolecular Hbond substituents is 1. The third-order valence-electron chi connectivity index (χ3n) is 1.71. The Hall–Kier alpha value is -1.13. The van der Waals surface area contributed by atoms with Gasteiger partial charge in [-0.3, -0.25) is 0 Å². The molecule has 0 aliphatic rings. The molecule has 1 unspecified atom stereocenters. The topological polar surface area (TPSA) is 20.2 Å². The lowest BCUT2D eigenvalue weighted by Crippen LogP contribution is -1.89. The molecule has 0 bridgehead atoms. The van der Waals surface area contributed by atoms with Crippen LogP contribution in [0.4, 0.5) is 0 Å². The fourth-order valence-corrected chi connectivity index (χ4v) is 1.14. The Morgan fingerprint density at radius 1 is 1.58 bits per heavy atom. The molecule has 12 heavy (non-hydrogen) atoms. The second-order valence-corrected chi connectivity index (χ2v) is 3.03. The zero-order valence-corrected chi connectivity index (χ0v) is 7.47. The SMILES string of the molecule is C#CC(C)c1ccc(Cl)cc1O. The maximum Gasteiger partial charge on any atom is 0.121 e. The number of terminal acetylenes is 1. The van der Waals surface area contributed by atoms with E-state index >= 15 is 0 Å². The van der Waals surface area contributed by atoms with Crippen molar-refractivity contribution >= 4 is 11.6 Å². The highest BCUT2D eigenvalue weighted by Gasteiger charge is 2.06. The predicted molar refractivity (Wildman–Crippen MR) is 50.4 cm³/mol. The highest BCUT2D eigenvalue weighted by Crippen LogP contribution is 2.27. The van der Waals surface area contributed by atoms with Gasteiger partial charge in [0.05, 0.1) is 0 Å². The van der Waals surface area contributed by atoms with Crippen molar-refractivity contribution in [2.75, 3.05) is 0 Å². The van der Waals surface area contributed by atoms with E-state index in [0.29, 0.717) is 5.02 Å². The van der Waals surface area contributed by atoms with Crippen molar-refractivity contribution in [2.24, 2.45) is 0 Å². The van der Waals surface area contributed by atoms with Crippen molar-refractivity contribution in [3.8, 4) is 18.1 Å². The molecule has 1 rings (SSSR count). The van der Waals surface area contributed by atoms with Gasteiger partial charge in [0.25, 0.3) is 0 Å². The van der Waals surface area contributed by atoms with Crippen LogP contribution >= 0.6 is 11.6 Å². The van der Waals surface area contributed by atoms with Gasteiger partial charge in [-0.25, -0.2) is 0 Å². The molecule has 1 atom stereocenters. The highest BCUT2D eigenvalue weighted by molar-refractivity contribution is 6.30. The van der Waals surface area contributed by atoms with Crippen LogP contribution in [0.1, 0.15) is 18.4 Å². The minimum atomic E-state index is -0.0812. The van der Waals surface area contributed by atoms with E-state index < -0.39 is 0 Å². The second-order valence-electron chi connectivity index (χ2n) is 2.59. The molecule has 0 spiro atoms. The van der Waals surface area contributed by atoms with Gasteiger partial charge < -0.3 is 5.11 Å². The van der Waals surface area contributed by atoms with E-state index in [9.17, 15) is 5.11 Å². The van der Waals surface area contributed by atoms with Gasteiger partial charge in [0, 0.05) is 16.5 Å². The van der Waals surface area contributed by atoms with Crippen LogP contribution < -0.4 is 0 Å². The van der Waals surface area contributed by atoms with Crippen LogP contribution in [0.15, 0.2) is 18.2 Å². The van der Waals surface area contributed by atoms with Crippen molar-refractivity contribution in [3.05, 3.63) is 28.8 Å². The maximum atomic E-state index is 9.41. The van der Waals surface area contributed by atoms with Crippen LogP contribution in [0.5, 0.6) is 5.75 Å². The number of hydrogen-bond donors (Lipinski definition) is 1. The van der Waals surface area contributed by atoms with Gasteiger partial charge in [-0.05, 0) is 19.1 Å². The minimum absolute atomic E-state index is 0.0812. The summed E-state index contributed by atoms with van der Waals surface area (Å²) in [4.78, 5) is 0. The number of aromatic hydroxyl groups is 1. The lowest BCUT2D eigenvalue weighted by molar-refractivity contribution is 0.467. The van der Waals surface area contributed by atoms with Gasteiger partial charge in [-0.15, -0.1) is 6.42 Å². The largest absolute Gasteiger partial charge is 0.508 e. The van der Waals surface area contributed by atoms with Crippen molar-refractivity contribution in [1.29, 1.82) is 0 Å². The Balaban J connectivity index is 3.11. The monoisotopic (exact) mass is 180 g/mol. The van der Waals surface area contributed by atoms with E-state index in [-0.39, 0.29) is 11.7 Å². The first-order valence-corrected chi connectivity index (χ1v) is 3.97. The van der Waals surface area contributed by atoms with Crippen molar-refractivity contribution in [3.63, 3.8) is 0 Å². The fraction of sp³-hybridized carbons (Fsp3) is 0.200. The molecule has 0 aliphatic heterocycles. The Morgan fingerprint density at radius 3 is 2.75 bits per heavy atom. The van der Waals surface area contributed by atoms with Crippen LogP contribution in [0.3, 0.4) is 0 Å². The highest BCUT2D eigenvalue weighted by atomic mass is 35.5. The quantitative estimate of drug-likeness (QED) is 0.659. The summed E-state index contributed by atoms with van der Waals surface area (Å²) in [6, 6.07) is 4.94. The molecule has 0 aromatic heterocycles. The number of phenols is 1. The van der Waals surface area contributed by atoms with Crippen molar-refractivity contribution < 1.29 is 5.11 Å². The Morgan fingerprint density at radius 2 is 2.25 bits per heavy atom. The molecule has 2 heteroatoms. The number of benzene rings is 1. The zero-order valence-electron chi connectivity index (χ0n) is 6.71. The molecule has 1 aromatic rings. The van der Waals surface area contributed by atoms with Gasteiger partial charge in [0.2, 0.25) is 0 Å². The molecule has 1 nitrogen and oxygen atoms in total. The lowest BCUT2D eigenvalue weighted by Gasteiger charge is -2.06. The van der Waals surface area contributed by atoms with E-state index in [2.05, 4.69) is 5.92 Å². The molecule has 0 saturated heterocycles. The Bertz CT molecular complexity index is 325. The van der Waals surface area contributed by atoms with E-state index in [1.807, 2.05) is 6.92 Å². The standard InChI is InChI=1S/C10H9ClO/c1-3-7(2)9-5-4-8(11)6-10(9)12/h1,4-7,12H,2H3. The van der Waals surface area contributed by atoms with Gasteiger partial charge in [0.15, 0.2) is 0 Å². The molecular formula is C10H9ClO. The van der Waals surface area contributed by atoms with E-state index in [1.54, 1.807) is 12.1 Å². The summed E-state index contributed by atoms with van der Waals surface area (Å²) in [7, 11) is 0. The van der Waals surface area contributed by atoms with Crippen LogP contribution in [-0.2, 0) is 0 Å². The minimum Gasteiger partial charge on any atom is -0.508 e. The molecule has 0 aliphatic carbocycles. The smallest absolute Gasteiger partial charge is 0.121 e. The maximum absolute atomic E-state index is 9.41. The second kappa shape index (κ2) is 3.51. The Labute approximate surface area is 77.0 Å². The average molecular weight is 181 g/mol. The van der Waals surface area contributed by atoms with Crippen LogP contribution in [0.25, 0.3) is 0 Å². The predicted octanol–water partition coefficient (Wildman–Crippen LogP) is 2.78. The first-order chi connectivity index (χ1) is 5.65. The normalized spacial score (nSPS) is 12.1. The molecule has 0 fully saturated rings. The lowest BCUT2D eigenvalue weighted by atomic mass is 10.0. The Kier molecular flexibility index (Phi) is 2.62. The first-order valence-electron chi connectivity index (χ1n) is 3.59. The van der Waals surface area contributed by atoms with Gasteiger partial charge >= 0.3 is 0 Å². The number of halogens is 1. The fourth-order valence-electron chi connectivity index (χ4n) is 0.973. The van der Waals surface area contributed by atoms with Gasteiger partial charge in [-0.2, -0.15) is 0 Å². The molecule has 0 amide bonds. The van der Waals surface area contributed by atoms with Crippen LogP contribution in [-0.4, -0.2) is 5.11 Å². The van der Waals surface area contributed by atoms with Gasteiger partial charge in [0.1, 0.15) is 5.75 Å². The molecule has 0 saturated carbocycles. The van der Waals surface area contributed by atoms with E-state index in [4.69, 9.17) is 18.0 Å². The zero-order chi connectivity index (χ0) is 9.14. The molecule has 0 radical (unpaired) electrons. The summed E-state index contributed by atoms with van der Waals surface area (Å²) in [6.07, 6.45) is 5.22. The summed E-state index contributed by atoms with van der Waals surface area (Å²) < 4.78 is 0. The van der Waals surface area contributed by atoms with Crippen LogP contribution in [0, 0.1) is 12.3 Å². The summed E-state index contributed by atoms with van der Waals surface area (Å²) in [5.74, 6) is 2.62. The van der Waals surface area contributed by atoms with Crippen molar-refractivity contribution in [1.82, 2.24) is 0 Å². The summed E-state index contributed by atoms with van der Waals surface area (Å²) in [5.41, 5.74) is 0.738. The average Bonchev–Trinajstić information content (AvgIpc) is 2.03. The molecule has 62 valence electrons. The van der Waals surface area contributed by atoms with Crippen molar-refractivity contribution in [2.45, 2.75) is 12.8 Å². The van der Waals surface area contributed by atoms with E-state index in [0.717, 1.165) is 5.56 Å². The summed E-state index contributed by atoms with van der Waals surface area (Å²) >= 11 is 5.65. The summed E-state index contributed by atoms with van der Waals surface area (Å²) in [5, 5.41) is 9.93. The number of hydrogen-bond acceptors (Lipinski definition) is 1. The number of rotatable bonds is 1.